The van der Waals surface area contributed by atoms with Crippen molar-refractivity contribution in [2.24, 2.45) is 0 Å². The Kier molecular flexibility index (Phi) is 4.25. The van der Waals surface area contributed by atoms with Gasteiger partial charge in [-0.2, -0.15) is 0 Å². The molecule has 1 aliphatic heterocycles. The van der Waals surface area contributed by atoms with E-state index in [0.717, 1.165) is 25.9 Å². The van der Waals surface area contributed by atoms with Gasteiger partial charge in [0.05, 0.1) is 6.04 Å². The second kappa shape index (κ2) is 5.74. The quantitative estimate of drug-likeness (QED) is 0.873. The van der Waals surface area contributed by atoms with E-state index in [4.69, 9.17) is 0 Å². The van der Waals surface area contributed by atoms with Gasteiger partial charge in [0.2, 0.25) is 5.91 Å². The van der Waals surface area contributed by atoms with Crippen molar-refractivity contribution in [2.75, 3.05) is 13.1 Å². The Morgan fingerprint density at radius 2 is 1.84 bits per heavy atom. The van der Waals surface area contributed by atoms with Crippen molar-refractivity contribution in [3.8, 4) is 0 Å². The first-order valence-electron chi connectivity index (χ1n) is 7.07. The Labute approximate surface area is 115 Å². The van der Waals surface area contributed by atoms with Crippen LogP contribution in [0.25, 0.3) is 0 Å². The molecule has 0 radical (unpaired) electrons. The van der Waals surface area contributed by atoms with Gasteiger partial charge in [-0.3, -0.25) is 4.79 Å². The van der Waals surface area contributed by atoms with E-state index < -0.39 is 0 Å². The lowest BCUT2D eigenvalue weighted by molar-refractivity contribution is -0.124. The predicted molar refractivity (Wildman–Crippen MR) is 78.3 cm³/mol. The number of aryl methyl sites for hydroxylation is 1. The zero-order chi connectivity index (χ0) is 13.9. The van der Waals surface area contributed by atoms with Crippen LogP contribution < -0.4 is 10.6 Å². The van der Waals surface area contributed by atoms with Gasteiger partial charge in [0.1, 0.15) is 0 Å². The maximum absolute atomic E-state index is 11.6. The summed E-state index contributed by atoms with van der Waals surface area (Å²) in [5, 5.41) is 6.16. The molecule has 1 amide bonds. The fourth-order valence-electron chi connectivity index (χ4n) is 2.36. The second-order valence-electron chi connectivity index (χ2n) is 6.28. The average molecular weight is 260 g/mol. The summed E-state index contributed by atoms with van der Waals surface area (Å²) in [6, 6.07) is 8.73. The Bertz CT molecular complexity index is 431. The molecular formula is C16H24N2O. The Morgan fingerprint density at radius 3 is 2.42 bits per heavy atom. The Hall–Kier alpha value is -1.35. The van der Waals surface area contributed by atoms with E-state index in [2.05, 4.69) is 55.7 Å². The first-order valence-corrected chi connectivity index (χ1v) is 7.07. The van der Waals surface area contributed by atoms with Gasteiger partial charge in [-0.25, -0.2) is 0 Å². The number of carbonyl (C=O) groups is 1. The minimum absolute atomic E-state index is 0.0314. The molecule has 3 heteroatoms. The number of hydrogen-bond donors (Lipinski definition) is 2. The van der Waals surface area contributed by atoms with Crippen LogP contribution in [0.2, 0.25) is 0 Å². The van der Waals surface area contributed by atoms with Gasteiger partial charge in [-0.15, -0.1) is 0 Å². The molecule has 1 heterocycles. The second-order valence-corrected chi connectivity index (χ2v) is 6.28. The number of benzene rings is 1. The summed E-state index contributed by atoms with van der Waals surface area (Å²) < 4.78 is 0. The van der Waals surface area contributed by atoms with Crippen LogP contribution in [0.3, 0.4) is 0 Å². The van der Waals surface area contributed by atoms with Gasteiger partial charge in [0, 0.05) is 13.1 Å². The molecule has 2 N–H and O–H groups in total. The van der Waals surface area contributed by atoms with Crippen LogP contribution in [-0.4, -0.2) is 25.0 Å². The molecule has 104 valence electrons. The topological polar surface area (TPSA) is 41.1 Å². The highest BCUT2D eigenvalue weighted by atomic mass is 16.2. The molecule has 0 spiro atoms. The van der Waals surface area contributed by atoms with Crippen molar-refractivity contribution in [1.82, 2.24) is 10.6 Å². The lowest BCUT2D eigenvalue weighted by atomic mass is 9.86. The first kappa shape index (κ1) is 14.1. The number of nitrogens with one attached hydrogen (secondary N) is 2. The van der Waals surface area contributed by atoms with Crippen LogP contribution >= 0.6 is 0 Å². The number of rotatable bonds is 3. The van der Waals surface area contributed by atoms with Gasteiger partial charge >= 0.3 is 0 Å². The SMILES string of the molecule is CC(C)(C)c1ccc(CCC2NCCNC2=O)cc1. The molecule has 0 aromatic heterocycles. The summed E-state index contributed by atoms with van der Waals surface area (Å²) in [7, 11) is 0. The van der Waals surface area contributed by atoms with E-state index in [1.165, 1.54) is 11.1 Å². The van der Waals surface area contributed by atoms with Crippen LogP contribution in [0.15, 0.2) is 24.3 Å². The standard InChI is InChI=1S/C16H24N2O/c1-16(2,3)13-7-4-12(5-8-13)6-9-14-15(19)18-11-10-17-14/h4-5,7-8,14,17H,6,9-11H2,1-3H3,(H,18,19). The lowest BCUT2D eigenvalue weighted by Gasteiger charge is -2.23. The molecule has 0 bridgehead atoms. The normalized spacial score (nSPS) is 20.2. The molecule has 2 rings (SSSR count). The highest BCUT2D eigenvalue weighted by Crippen LogP contribution is 2.22. The monoisotopic (exact) mass is 260 g/mol. The Morgan fingerprint density at radius 1 is 1.16 bits per heavy atom. The summed E-state index contributed by atoms with van der Waals surface area (Å²) in [5.41, 5.74) is 2.85. The van der Waals surface area contributed by atoms with E-state index in [1.54, 1.807) is 0 Å². The van der Waals surface area contributed by atoms with Gasteiger partial charge in [0.25, 0.3) is 0 Å². The van der Waals surface area contributed by atoms with E-state index in [1.807, 2.05) is 0 Å². The molecule has 1 aromatic carbocycles. The van der Waals surface area contributed by atoms with Crippen molar-refractivity contribution < 1.29 is 4.79 Å². The third-order valence-electron chi connectivity index (χ3n) is 3.67. The molecule has 19 heavy (non-hydrogen) atoms. The molecule has 1 saturated heterocycles. The van der Waals surface area contributed by atoms with Gasteiger partial charge in [-0.1, -0.05) is 45.0 Å². The predicted octanol–water partition coefficient (Wildman–Crippen LogP) is 2.00. The third-order valence-corrected chi connectivity index (χ3v) is 3.67. The number of amides is 1. The van der Waals surface area contributed by atoms with Crippen molar-refractivity contribution in [1.29, 1.82) is 0 Å². The summed E-state index contributed by atoms with van der Waals surface area (Å²) in [6.07, 6.45) is 1.80. The van der Waals surface area contributed by atoms with Crippen LogP contribution in [0.5, 0.6) is 0 Å². The van der Waals surface area contributed by atoms with Crippen LogP contribution in [0.1, 0.15) is 38.3 Å². The average Bonchev–Trinajstić information content (AvgIpc) is 2.37. The summed E-state index contributed by atoms with van der Waals surface area (Å²) in [5.74, 6) is 0.137. The highest BCUT2D eigenvalue weighted by molar-refractivity contribution is 5.82. The molecule has 1 aliphatic rings. The first-order chi connectivity index (χ1) is 8.97. The molecule has 1 atom stereocenters. The molecule has 3 nitrogen and oxygen atoms in total. The summed E-state index contributed by atoms with van der Waals surface area (Å²) in [6.45, 7) is 8.28. The number of piperazine rings is 1. The summed E-state index contributed by atoms with van der Waals surface area (Å²) >= 11 is 0. The molecule has 1 fully saturated rings. The molecule has 1 aromatic rings. The van der Waals surface area contributed by atoms with Crippen LogP contribution in [0.4, 0.5) is 0 Å². The maximum atomic E-state index is 11.6. The molecule has 0 aliphatic carbocycles. The van der Waals surface area contributed by atoms with Crippen LogP contribution in [-0.2, 0) is 16.6 Å². The van der Waals surface area contributed by atoms with Crippen LogP contribution in [0, 0.1) is 0 Å². The van der Waals surface area contributed by atoms with Crippen molar-refractivity contribution in [3.63, 3.8) is 0 Å². The zero-order valence-corrected chi connectivity index (χ0v) is 12.1. The van der Waals surface area contributed by atoms with Crippen molar-refractivity contribution in [2.45, 2.75) is 45.1 Å². The van der Waals surface area contributed by atoms with E-state index in [9.17, 15) is 4.79 Å². The van der Waals surface area contributed by atoms with E-state index >= 15 is 0 Å². The largest absolute Gasteiger partial charge is 0.353 e. The fraction of sp³-hybridized carbons (Fsp3) is 0.562. The fourth-order valence-corrected chi connectivity index (χ4v) is 2.36. The lowest BCUT2D eigenvalue weighted by Crippen LogP contribution is -2.52. The van der Waals surface area contributed by atoms with E-state index in [0.29, 0.717) is 0 Å². The smallest absolute Gasteiger partial charge is 0.237 e. The third kappa shape index (κ3) is 3.80. The minimum Gasteiger partial charge on any atom is -0.353 e. The van der Waals surface area contributed by atoms with Crippen molar-refractivity contribution in [3.05, 3.63) is 35.4 Å². The maximum Gasteiger partial charge on any atom is 0.237 e. The van der Waals surface area contributed by atoms with Crippen molar-refractivity contribution >= 4 is 5.91 Å². The zero-order valence-electron chi connectivity index (χ0n) is 12.1. The number of carbonyl (C=O) groups excluding carboxylic acids is 1. The number of hydrogen-bond acceptors (Lipinski definition) is 2. The Balaban J connectivity index is 1.91. The van der Waals surface area contributed by atoms with E-state index in [-0.39, 0.29) is 17.4 Å². The van der Waals surface area contributed by atoms with Gasteiger partial charge in [-0.05, 0) is 29.4 Å². The highest BCUT2D eigenvalue weighted by Gasteiger charge is 2.20. The summed E-state index contributed by atoms with van der Waals surface area (Å²) in [4.78, 5) is 11.6. The minimum atomic E-state index is -0.0314. The van der Waals surface area contributed by atoms with Gasteiger partial charge in [0.15, 0.2) is 0 Å². The van der Waals surface area contributed by atoms with Gasteiger partial charge < -0.3 is 10.6 Å². The molecule has 1 unspecified atom stereocenters. The molecular weight excluding hydrogens is 236 g/mol. The molecule has 0 saturated carbocycles.